The van der Waals surface area contributed by atoms with Gasteiger partial charge >= 0.3 is 0 Å². The number of hydrogen-bond acceptors (Lipinski definition) is 5. The molecule has 0 bridgehead atoms. The van der Waals surface area contributed by atoms with Crippen LogP contribution in [0.15, 0.2) is 30.3 Å². The van der Waals surface area contributed by atoms with Gasteiger partial charge in [-0.3, -0.25) is 19.2 Å². The summed E-state index contributed by atoms with van der Waals surface area (Å²) in [4.78, 5) is 50.3. The first kappa shape index (κ1) is 23.7. The quantitative estimate of drug-likeness (QED) is 0.379. The number of unbranched alkanes of at least 4 members (excludes halogenated alkanes) is 1. The fourth-order valence-corrected chi connectivity index (χ4v) is 3.85. The summed E-state index contributed by atoms with van der Waals surface area (Å²) in [5, 5.41) is 8.36. The summed E-state index contributed by atoms with van der Waals surface area (Å²) < 4.78 is 0. The molecule has 7 nitrogen and oxygen atoms in total. The van der Waals surface area contributed by atoms with Crippen LogP contribution in [0.4, 0.5) is 0 Å². The largest absolute Gasteiger partial charge is 0.344 e. The van der Waals surface area contributed by atoms with Gasteiger partial charge in [0.25, 0.3) is 5.91 Å². The van der Waals surface area contributed by atoms with Gasteiger partial charge in [0.15, 0.2) is 5.78 Å². The van der Waals surface area contributed by atoms with E-state index in [1.165, 1.54) is 0 Å². The van der Waals surface area contributed by atoms with Crippen LogP contribution in [0.3, 0.4) is 0 Å². The summed E-state index contributed by atoms with van der Waals surface area (Å²) in [6.07, 6.45) is 6.34. The van der Waals surface area contributed by atoms with Crippen molar-refractivity contribution in [1.82, 2.24) is 16.0 Å². The van der Waals surface area contributed by atoms with Crippen molar-refractivity contribution in [3.8, 4) is 0 Å². The van der Waals surface area contributed by atoms with Gasteiger partial charge in [-0.1, -0.05) is 69.4 Å². The standard InChI is InChI=1S/C23H33N3O4/c1-3-4-13-18(26-22(30)23(24-2)14-9-6-10-15-23)20(28)21(29)25-16-19(27)17-11-7-5-8-12-17/h5,7-8,11-12,18,24H,3-4,6,9-10,13-16H2,1-2H3,(H,25,29)(H,26,30)/t18-/m0/s1. The van der Waals surface area contributed by atoms with Crippen molar-refractivity contribution >= 4 is 23.4 Å². The number of hydrogen-bond donors (Lipinski definition) is 3. The van der Waals surface area contributed by atoms with Crippen LogP contribution >= 0.6 is 0 Å². The molecule has 1 aromatic carbocycles. The number of likely N-dealkylation sites (N-methyl/N-ethyl adjacent to an activating group) is 1. The molecule has 1 fully saturated rings. The lowest BCUT2D eigenvalue weighted by atomic mass is 9.80. The van der Waals surface area contributed by atoms with E-state index in [1.807, 2.05) is 6.92 Å². The maximum atomic E-state index is 13.0. The van der Waals surface area contributed by atoms with E-state index in [-0.39, 0.29) is 18.2 Å². The van der Waals surface area contributed by atoms with Gasteiger partial charge in [-0.2, -0.15) is 0 Å². The predicted molar refractivity (Wildman–Crippen MR) is 115 cm³/mol. The van der Waals surface area contributed by atoms with E-state index in [9.17, 15) is 19.2 Å². The molecule has 1 aliphatic carbocycles. The summed E-state index contributed by atoms with van der Waals surface area (Å²) in [5.74, 6) is -2.06. The van der Waals surface area contributed by atoms with Crippen molar-refractivity contribution in [1.29, 1.82) is 0 Å². The molecule has 2 rings (SSSR count). The number of carbonyl (C=O) groups excluding carboxylic acids is 4. The number of rotatable bonds is 11. The summed E-state index contributed by atoms with van der Waals surface area (Å²) in [6.45, 7) is 1.72. The fraction of sp³-hybridized carbons (Fsp3) is 0.565. The highest BCUT2D eigenvalue weighted by atomic mass is 16.2. The monoisotopic (exact) mass is 415 g/mol. The van der Waals surface area contributed by atoms with Crippen LogP contribution in [0.1, 0.15) is 68.6 Å². The van der Waals surface area contributed by atoms with E-state index in [2.05, 4.69) is 16.0 Å². The summed E-state index contributed by atoms with van der Waals surface area (Å²) >= 11 is 0. The van der Waals surface area contributed by atoms with Crippen LogP contribution in [-0.4, -0.2) is 48.6 Å². The van der Waals surface area contributed by atoms with Crippen LogP contribution in [0, 0.1) is 0 Å². The predicted octanol–water partition coefficient (Wildman–Crippen LogP) is 2.15. The maximum absolute atomic E-state index is 13.0. The zero-order valence-corrected chi connectivity index (χ0v) is 18.0. The molecule has 164 valence electrons. The third-order valence-electron chi connectivity index (χ3n) is 5.82. The third-order valence-corrected chi connectivity index (χ3v) is 5.82. The molecule has 7 heteroatoms. The summed E-state index contributed by atoms with van der Waals surface area (Å²) in [6, 6.07) is 7.68. The van der Waals surface area contributed by atoms with Crippen LogP contribution in [0.5, 0.6) is 0 Å². The van der Waals surface area contributed by atoms with Gasteiger partial charge in [0.05, 0.1) is 18.1 Å². The van der Waals surface area contributed by atoms with E-state index < -0.39 is 23.3 Å². The number of amides is 2. The van der Waals surface area contributed by atoms with Crippen molar-refractivity contribution in [2.24, 2.45) is 0 Å². The zero-order valence-electron chi connectivity index (χ0n) is 18.0. The zero-order chi connectivity index (χ0) is 22.0. The average molecular weight is 416 g/mol. The second-order valence-electron chi connectivity index (χ2n) is 7.90. The van der Waals surface area contributed by atoms with E-state index in [0.29, 0.717) is 31.2 Å². The Hall–Kier alpha value is -2.54. The molecule has 1 aliphatic rings. The molecular weight excluding hydrogens is 382 g/mol. The molecule has 30 heavy (non-hydrogen) atoms. The molecule has 1 atom stereocenters. The lowest BCUT2D eigenvalue weighted by molar-refractivity contribution is -0.141. The molecule has 0 unspecified atom stereocenters. The summed E-state index contributed by atoms with van der Waals surface area (Å²) in [5.41, 5.74) is -0.225. The van der Waals surface area contributed by atoms with E-state index >= 15 is 0 Å². The van der Waals surface area contributed by atoms with E-state index in [1.54, 1.807) is 37.4 Å². The van der Waals surface area contributed by atoms with Crippen LogP contribution in [-0.2, 0) is 14.4 Å². The molecule has 0 heterocycles. The minimum absolute atomic E-state index is 0.229. The molecule has 0 aromatic heterocycles. The first-order chi connectivity index (χ1) is 14.4. The minimum atomic E-state index is -0.892. The van der Waals surface area contributed by atoms with Crippen LogP contribution in [0.2, 0.25) is 0 Å². The molecule has 0 spiro atoms. The van der Waals surface area contributed by atoms with Gasteiger partial charge in [-0.05, 0) is 26.3 Å². The Morgan fingerprint density at radius 3 is 2.30 bits per heavy atom. The Morgan fingerprint density at radius 2 is 1.70 bits per heavy atom. The Kier molecular flexibility index (Phi) is 9.17. The molecule has 2 amide bonds. The van der Waals surface area contributed by atoms with Crippen molar-refractivity contribution in [3.05, 3.63) is 35.9 Å². The number of nitrogens with one attached hydrogen (secondary N) is 3. The van der Waals surface area contributed by atoms with Gasteiger partial charge in [-0.25, -0.2) is 0 Å². The van der Waals surface area contributed by atoms with Gasteiger partial charge in [0.2, 0.25) is 11.7 Å². The average Bonchev–Trinajstić information content (AvgIpc) is 2.80. The smallest absolute Gasteiger partial charge is 0.289 e. The third kappa shape index (κ3) is 6.23. The van der Waals surface area contributed by atoms with Gasteiger partial charge < -0.3 is 16.0 Å². The second-order valence-corrected chi connectivity index (χ2v) is 7.90. The Balaban J connectivity index is 2.00. The SMILES string of the molecule is CCCC[C@H](NC(=O)C1(NC)CCCCC1)C(=O)C(=O)NCC(=O)c1ccccc1. The number of benzene rings is 1. The van der Waals surface area contributed by atoms with Crippen LogP contribution in [0.25, 0.3) is 0 Å². The summed E-state index contributed by atoms with van der Waals surface area (Å²) in [7, 11) is 1.76. The number of ketones is 2. The molecule has 0 aliphatic heterocycles. The molecule has 1 aromatic rings. The number of Topliss-reactive ketones (excluding diaryl/α,β-unsaturated/α-hetero) is 2. The maximum Gasteiger partial charge on any atom is 0.289 e. The molecular formula is C23H33N3O4. The molecule has 1 saturated carbocycles. The highest BCUT2D eigenvalue weighted by Gasteiger charge is 2.40. The van der Waals surface area contributed by atoms with Gasteiger partial charge in [-0.15, -0.1) is 0 Å². The Morgan fingerprint density at radius 1 is 1.03 bits per heavy atom. The molecule has 3 N–H and O–H groups in total. The normalized spacial score (nSPS) is 16.3. The second kappa shape index (κ2) is 11.6. The van der Waals surface area contributed by atoms with Crippen molar-refractivity contribution in [2.75, 3.05) is 13.6 Å². The van der Waals surface area contributed by atoms with E-state index in [0.717, 1.165) is 25.7 Å². The first-order valence-electron chi connectivity index (χ1n) is 10.8. The Bertz CT molecular complexity index is 742. The molecule has 0 radical (unpaired) electrons. The van der Waals surface area contributed by atoms with Crippen molar-refractivity contribution in [3.63, 3.8) is 0 Å². The van der Waals surface area contributed by atoms with Crippen molar-refractivity contribution in [2.45, 2.75) is 69.9 Å². The molecule has 0 saturated heterocycles. The topological polar surface area (TPSA) is 104 Å². The fourth-order valence-electron chi connectivity index (χ4n) is 3.85. The lowest BCUT2D eigenvalue weighted by Crippen LogP contribution is -2.60. The van der Waals surface area contributed by atoms with Crippen LogP contribution < -0.4 is 16.0 Å². The highest BCUT2D eigenvalue weighted by Crippen LogP contribution is 2.28. The first-order valence-corrected chi connectivity index (χ1v) is 10.8. The Labute approximate surface area is 178 Å². The minimum Gasteiger partial charge on any atom is -0.344 e. The highest BCUT2D eigenvalue weighted by molar-refractivity contribution is 6.38. The van der Waals surface area contributed by atoms with Gasteiger partial charge in [0.1, 0.15) is 0 Å². The lowest BCUT2D eigenvalue weighted by Gasteiger charge is -2.36. The number of carbonyl (C=O) groups is 4. The van der Waals surface area contributed by atoms with Crippen molar-refractivity contribution < 1.29 is 19.2 Å². The van der Waals surface area contributed by atoms with Gasteiger partial charge in [0, 0.05) is 5.56 Å². The van der Waals surface area contributed by atoms with E-state index in [4.69, 9.17) is 0 Å².